The van der Waals surface area contributed by atoms with Crippen molar-refractivity contribution in [3.05, 3.63) is 0 Å². The van der Waals surface area contributed by atoms with Gasteiger partial charge in [-0.25, -0.2) is 0 Å². The average molecular weight is 257 g/mol. The number of likely N-dealkylation sites (tertiary alicyclic amines) is 1. The molecule has 17 heavy (non-hydrogen) atoms. The molecule has 0 aromatic rings. The predicted octanol–water partition coefficient (Wildman–Crippen LogP) is 2.57. The molecular weight excluding hydrogens is 230 g/mol. The van der Waals surface area contributed by atoms with Crippen molar-refractivity contribution in [2.45, 2.75) is 51.6 Å². The Morgan fingerprint density at radius 1 is 1.29 bits per heavy atom. The van der Waals surface area contributed by atoms with Crippen molar-refractivity contribution in [1.82, 2.24) is 4.90 Å². The zero-order valence-corrected chi connectivity index (χ0v) is 12.0. The van der Waals surface area contributed by atoms with Crippen LogP contribution in [0.1, 0.15) is 45.4 Å². The van der Waals surface area contributed by atoms with Gasteiger partial charge in [-0.3, -0.25) is 0 Å². The molecule has 0 bridgehead atoms. The third kappa shape index (κ3) is 3.39. The molecule has 0 radical (unpaired) electrons. The van der Waals surface area contributed by atoms with Crippen LogP contribution in [0.3, 0.4) is 0 Å². The normalized spacial score (nSPS) is 34.8. The Kier molecular flexibility index (Phi) is 4.79. The van der Waals surface area contributed by atoms with E-state index in [1.807, 2.05) is 0 Å². The van der Waals surface area contributed by atoms with Crippen molar-refractivity contribution >= 4 is 12.6 Å². The van der Waals surface area contributed by atoms with Crippen LogP contribution >= 0.6 is 12.6 Å². The molecular formula is C14H27NOS. The molecule has 1 aliphatic heterocycles. The Hall–Kier alpha value is 0.270. The van der Waals surface area contributed by atoms with Crippen molar-refractivity contribution in [2.75, 3.05) is 25.4 Å². The number of aliphatic hydroxyl groups excluding tert-OH is 1. The van der Waals surface area contributed by atoms with Crippen molar-refractivity contribution in [2.24, 2.45) is 11.3 Å². The lowest BCUT2D eigenvalue weighted by Crippen LogP contribution is -2.48. The van der Waals surface area contributed by atoms with E-state index in [2.05, 4.69) is 24.5 Å². The number of rotatable bonds is 3. The van der Waals surface area contributed by atoms with Gasteiger partial charge in [-0.2, -0.15) is 12.6 Å². The van der Waals surface area contributed by atoms with Crippen LogP contribution in [-0.2, 0) is 0 Å². The number of hydrogen-bond acceptors (Lipinski definition) is 3. The van der Waals surface area contributed by atoms with E-state index in [9.17, 15) is 5.11 Å². The van der Waals surface area contributed by atoms with Crippen molar-refractivity contribution in [1.29, 1.82) is 0 Å². The zero-order valence-electron chi connectivity index (χ0n) is 11.1. The number of β-amino-alcohol motifs (C(OH)–C–C–N with tert-alkyl or cyclic N) is 1. The van der Waals surface area contributed by atoms with E-state index < -0.39 is 0 Å². The Morgan fingerprint density at radius 2 is 2.00 bits per heavy atom. The van der Waals surface area contributed by atoms with Crippen LogP contribution in [0.25, 0.3) is 0 Å². The van der Waals surface area contributed by atoms with Crippen LogP contribution in [0, 0.1) is 11.3 Å². The molecule has 1 saturated carbocycles. The number of nitrogens with zero attached hydrogens (tertiary/aromatic N) is 1. The van der Waals surface area contributed by atoms with Gasteiger partial charge in [0.1, 0.15) is 0 Å². The first-order valence-corrected chi connectivity index (χ1v) is 7.80. The van der Waals surface area contributed by atoms with Gasteiger partial charge in [-0.15, -0.1) is 0 Å². The Labute approximate surface area is 111 Å². The van der Waals surface area contributed by atoms with Crippen LogP contribution in [0.4, 0.5) is 0 Å². The molecule has 2 atom stereocenters. The van der Waals surface area contributed by atoms with Gasteiger partial charge >= 0.3 is 0 Å². The summed E-state index contributed by atoms with van der Waals surface area (Å²) in [6.45, 7) is 5.35. The molecule has 0 aromatic heterocycles. The molecule has 3 heteroatoms. The standard InChI is InChI=1S/C14H27NOS/c1-12-5-8-15(9-13(12)16)10-14(11-17)6-3-2-4-7-14/h12-13,16-17H,2-11H2,1H3. The second-order valence-corrected chi connectivity index (χ2v) is 6.60. The topological polar surface area (TPSA) is 23.5 Å². The summed E-state index contributed by atoms with van der Waals surface area (Å²) in [4.78, 5) is 2.48. The molecule has 0 spiro atoms. The van der Waals surface area contributed by atoms with Gasteiger partial charge in [0.25, 0.3) is 0 Å². The number of piperidine rings is 1. The molecule has 1 N–H and O–H groups in total. The summed E-state index contributed by atoms with van der Waals surface area (Å²) in [5.74, 6) is 1.49. The number of aliphatic hydroxyl groups is 1. The fourth-order valence-corrected chi connectivity index (χ4v) is 3.82. The van der Waals surface area contributed by atoms with E-state index in [1.165, 1.54) is 32.1 Å². The zero-order chi connectivity index (χ0) is 12.3. The van der Waals surface area contributed by atoms with Crippen LogP contribution in [0.15, 0.2) is 0 Å². The van der Waals surface area contributed by atoms with Gasteiger partial charge in [-0.05, 0) is 42.9 Å². The first-order valence-electron chi connectivity index (χ1n) is 7.16. The molecule has 0 amide bonds. The summed E-state index contributed by atoms with van der Waals surface area (Å²) >= 11 is 4.60. The van der Waals surface area contributed by atoms with Crippen molar-refractivity contribution in [3.63, 3.8) is 0 Å². The molecule has 100 valence electrons. The van der Waals surface area contributed by atoms with E-state index in [0.29, 0.717) is 11.3 Å². The Balaban J connectivity index is 1.90. The van der Waals surface area contributed by atoms with Crippen LogP contribution in [0.2, 0.25) is 0 Å². The summed E-state index contributed by atoms with van der Waals surface area (Å²) in [6.07, 6.45) is 7.82. The minimum Gasteiger partial charge on any atom is -0.392 e. The summed E-state index contributed by atoms with van der Waals surface area (Å²) < 4.78 is 0. The average Bonchev–Trinajstić information content (AvgIpc) is 2.35. The lowest BCUT2D eigenvalue weighted by Gasteiger charge is -2.43. The molecule has 2 aliphatic rings. The largest absolute Gasteiger partial charge is 0.392 e. The first-order chi connectivity index (χ1) is 8.15. The van der Waals surface area contributed by atoms with E-state index >= 15 is 0 Å². The number of hydrogen-bond donors (Lipinski definition) is 2. The van der Waals surface area contributed by atoms with E-state index in [-0.39, 0.29) is 6.10 Å². The van der Waals surface area contributed by atoms with Crippen LogP contribution < -0.4 is 0 Å². The molecule has 1 aliphatic carbocycles. The SMILES string of the molecule is CC1CCN(CC2(CS)CCCCC2)CC1O. The van der Waals surface area contributed by atoms with Crippen molar-refractivity contribution < 1.29 is 5.11 Å². The number of thiol groups is 1. The van der Waals surface area contributed by atoms with Gasteiger partial charge in [0, 0.05) is 13.1 Å². The minimum absolute atomic E-state index is 0.121. The lowest BCUT2D eigenvalue weighted by molar-refractivity contribution is 0.00696. The van der Waals surface area contributed by atoms with Gasteiger partial charge in [0.05, 0.1) is 6.10 Å². The molecule has 1 saturated heterocycles. The summed E-state index contributed by atoms with van der Waals surface area (Å²) in [6, 6.07) is 0. The lowest BCUT2D eigenvalue weighted by atomic mass is 9.74. The van der Waals surface area contributed by atoms with Crippen LogP contribution in [-0.4, -0.2) is 41.5 Å². The van der Waals surface area contributed by atoms with Crippen LogP contribution in [0.5, 0.6) is 0 Å². The fraction of sp³-hybridized carbons (Fsp3) is 1.00. The van der Waals surface area contributed by atoms with Gasteiger partial charge in [0.15, 0.2) is 0 Å². The summed E-state index contributed by atoms with van der Waals surface area (Å²) in [5.41, 5.74) is 0.432. The molecule has 0 aromatic carbocycles. The van der Waals surface area contributed by atoms with E-state index in [1.54, 1.807) is 0 Å². The smallest absolute Gasteiger partial charge is 0.0693 e. The Bertz CT molecular complexity index is 240. The third-order valence-corrected chi connectivity index (χ3v) is 5.48. The maximum atomic E-state index is 9.97. The highest BCUT2D eigenvalue weighted by atomic mass is 32.1. The predicted molar refractivity (Wildman–Crippen MR) is 75.6 cm³/mol. The molecule has 1 heterocycles. The monoisotopic (exact) mass is 257 g/mol. The van der Waals surface area contributed by atoms with Gasteiger partial charge in [0.2, 0.25) is 0 Å². The third-order valence-electron chi connectivity index (χ3n) is 4.81. The maximum absolute atomic E-state index is 9.97. The van der Waals surface area contributed by atoms with Gasteiger partial charge in [-0.1, -0.05) is 26.2 Å². The second-order valence-electron chi connectivity index (χ2n) is 6.29. The minimum atomic E-state index is -0.121. The summed E-state index contributed by atoms with van der Waals surface area (Å²) in [5, 5.41) is 9.97. The van der Waals surface area contributed by atoms with Crippen molar-refractivity contribution in [3.8, 4) is 0 Å². The quantitative estimate of drug-likeness (QED) is 0.759. The highest BCUT2D eigenvalue weighted by molar-refractivity contribution is 7.80. The highest BCUT2D eigenvalue weighted by Gasteiger charge is 2.34. The highest BCUT2D eigenvalue weighted by Crippen LogP contribution is 2.38. The summed E-state index contributed by atoms with van der Waals surface area (Å²) in [7, 11) is 0. The maximum Gasteiger partial charge on any atom is 0.0693 e. The van der Waals surface area contributed by atoms with E-state index in [4.69, 9.17) is 0 Å². The van der Waals surface area contributed by atoms with Gasteiger partial charge < -0.3 is 10.0 Å². The molecule has 2 rings (SSSR count). The molecule has 2 unspecified atom stereocenters. The second kappa shape index (κ2) is 5.94. The molecule has 2 nitrogen and oxygen atoms in total. The van der Waals surface area contributed by atoms with E-state index in [0.717, 1.165) is 31.8 Å². The fourth-order valence-electron chi connectivity index (χ4n) is 3.40. The molecule has 2 fully saturated rings. The Morgan fingerprint density at radius 3 is 2.59 bits per heavy atom. The first kappa shape index (κ1) is 13.7.